The maximum Gasteiger partial charge on any atom is 0.269 e. The van der Waals surface area contributed by atoms with Crippen molar-refractivity contribution in [1.29, 1.82) is 0 Å². The normalized spacial score (nSPS) is 20.9. The number of nitro groups is 1. The molecule has 3 aliphatic rings. The lowest BCUT2D eigenvalue weighted by Gasteiger charge is -2.50. The maximum atomic E-state index is 14.1. The zero-order valence-electron chi connectivity index (χ0n) is 20.5. The Morgan fingerprint density at radius 1 is 0.944 bits per heavy atom. The van der Waals surface area contributed by atoms with Gasteiger partial charge in [-0.15, -0.1) is 0 Å². The van der Waals surface area contributed by atoms with Gasteiger partial charge in [0.25, 0.3) is 5.69 Å². The first kappa shape index (κ1) is 22.6. The Morgan fingerprint density at radius 2 is 1.72 bits per heavy atom. The van der Waals surface area contributed by atoms with Crippen LogP contribution in [0.15, 0.2) is 66.7 Å². The second-order valence-electron chi connectivity index (χ2n) is 10.2. The van der Waals surface area contributed by atoms with Crippen LogP contribution in [0.2, 0.25) is 0 Å². The Hall–Kier alpha value is -3.87. The van der Waals surface area contributed by atoms with Crippen molar-refractivity contribution in [2.24, 2.45) is 5.92 Å². The van der Waals surface area contributed by atoms with E-state index >= 15 is 0 Å². The largest absolute Gasteiger partial charge is 0.368 e. The van der Waals surface area contributed by atoms with Gasteiger partial charge in [-0.3, -0.25) is 14.9 Å². The lowest BCUT2D eigenvalue weighted by Crippen LogP contribution is -2.61. The number of anilines is 2. The first-order valence-electron chi connectivity index (χ1n) is 12.7. The fourth-order valence-electron chi connectivity index (χ4n) is 6.12. The average molecular weight is 483 g/mol. The third-order valence-electron chi connectivity index (χ3n) is 8.06. The van der Waals surface area contributed by atoms with Crippen LogP contribution in [0.4, 0.5) is 17.1 Å². The highest BCUT2D eigenvalue weighted by atomic mass is 16.6. The van der Waals surface area contributed by atoms with Crippen molar-refractivity contribution in [3.05, 3.63) is 99.1 Å². The van der Waals surface area contributed by atoms with E-state index in [9.17, 15) is 14.9 Å². The third-order valence-corrected chi connectivity index (χ3v) is 8.06. The predicted molar refractivity (Wildman–Crippen MR) is 140 cm³/mol. The molecule has 36 heavy (non-hydrogen) atoms. The van der Waals surface area contributed by atoms with Crippen LogP contribution in [-0.4, -0.2) is 48.0 Å². The molecule has 2 atom stereocenters. The van der Waals surface area contributed by atoms with Crippen molar-refractivity contribution in [2.75, 3.05) is 36.0 Å². The van der Waals surface area contributed by atoms with E-state index in [1.807, 2.05) is 17.0 Å². The van der Waals surface area contributed by atoms with Gasteiger partial charge < -0.3 is 14.7 Å². The Kier molecular flexibility index (Phi) is 5.63. The fourth-order valence-corrected chi connectivity index (χ4v) is 6.12. The second kappa shape index (κ2) is 8.97. The molecule has 1 amide bonds. The molecule has 7 heteroatoms. The van der Waals surface area contributed by atoms with Crippen molar-refractivity contribution in [3.8, 4) is 0 Å². The quantitative estimate of drug-likeness (QED) is 0.410. The monoisotopic (exact) mass is 482 g/mol. The molecule has 0 N–H and O–H groups in total. The zero-order chi connectivity index (χ0) is 24.8. The van der Waals surface area contributed by atoms with Gasteiger partial charge in [0.15, 0.2) is 0 Å². The van der Waals surface area contributed by atoms with Crippen LogP contribution in [0, 0.1) is 23.0 Å². The summed E-state index contributed by atoms with van der Waals surface area (Å²) < 4.78 is 0. The summed E-state index contributed by atoms with van der Waals surface area (Å²) in [6, 6.07) is 22.1. The van der Waals surface area contributed by atoms with Crippen LogP contribution in [0.5, 0.6) is 0 Å². The first-order valence-corrected chi connectivity index (χ1v) is 12.7. The van der Waals surface area contributed by atoms with Gasteiger partial charge in [0, 0.05) is 56.2 Å². The van der Waals surface area contributed by atoms with Crippen LogP contribution < -0.4 is 9.80 Å². The molecule has 7 nitrogen and oxygen atoms in total. The number of nitro benzene ring substituents is 1. The minimum Gasteiger partial charge on any atom is -0.368 e. The molecular formula is C29H30N4O3. The van der Waals surface area contributed by atoms with E-state index in [1.54, 1.807) is 12.1 Å². The number of fused-ring (bicyclic) bond motifs is 4. The number of amides is 1. The molecule has 3 aromatic rings. The molecule has 3 heterocycles. The number of rotatable bonds is 3. The van der Waals surface area contributed by atoms with E-state index in [-0.39, 0.29) is 28.5 Å². The second-order valence-corrected chi connectivity index (χ2v) is 10.2. The molecule has 2 unspecified atom stereocenters. The van der Waals surface area contributed by atoms with Crippen LogP contribution in [-0.2, 0) is 24.2 Å². The van der Waals surface area contributed by atoms with Crippen LogP contribution >= 0.6 is 0 Å². The van der Waals surface area contributed by atoms with Gasteiger partial charge in [0.1, 0.15) is 0 Å². The van der Waals surface area contributed by atoms with E-state index in [0.717, 1.165) is 37.3 Å². The summed E-state index contributed by atoms with van der Waals surface area (Å²) in [6.45, 7) is 5.79. The minimum absolute atomic E-state index is 0.0127. The summed E-state index contributed by atoms with van der Waals surface area (Å²) in [6.07, 6.45) is 1.39. The van der Waals surface area contributed by atoms with Crippen LogP contribution in [0.3, 0.4) is 0 Å². The van der Waals surface area contributed by atoms with Crippen molar-refractivity contribution in [3.63, 3.8) is 0 Å². The maximum absolute atomic E-state index is 14.1. The number of hydrogen-bond acceptors (Lipinski definition) is 5. The van der Waals surface area contributed by atoms with Crippen molar-refractivity contribution in [2.45, 2.75) is 32.4 Å². The lowest BCUT2D eigenvalue weighted by molar-refractivity contribution is -0.384. The summed E-state index contributed by atoms with van der Waals surface area (Å²) >= 11 is 0. The smallest absolute Gasteiger partial charge is 0.269 e. The number of non-ortho nitro benzene ring substituents is 1. The molecule has 0 bridgehead atoms. The zero-order valence-corrected chi connectivity index (χ0v) is 20.5. The van der Waals surface area contributed by atoms with Crippen molar-refractivity contribution >= 4 is 23.0 Å². The molecule has 0 saturated carbocycles. The Morgan fingerprint density at radius 3 is 2.50 bits per heavy atom. The van der Waals surface area contributed by atoms with E-state index in [2.05, 4.69) is 59.2 Å². The summed E-state index contributed by atoms with van der Waals surface area (Å²) in [5.74, 6) is -0.0968. The van der Waals surface area contributed by atoms with Gasteiger partial charge in [0.2, 0.25) is 5.91 Å². The summed E-state index contributed by atoms with van der Waals surface area (Å²) in [5.41, 5.74) is 6.95. The van der Waals surface area contributed by atoms with E-state index in [0.29, 0.717) is 19.5 Å². The SMILES string of the molecule is Cc1ccc(N2CCN3c4ccc([N+](=O)[O-])cc4CC(C(=O)N4CCc5ccccc5C4)C3C2)cc1. The number of nitrogens with zero attached hydrogens (tertiary/aromatic N) is 4. The van der Waals surface area contributed by atoms with Crippen LogP contribution in [0.25, 0.3) is 0 Å². The minimum atomic E-state index is -0.347. The van der Waals surface area contributed by atoms with Gasteiger partial charge in [-0.05, 0) is 54.7 Å². The van der Waals surface area contributed by atoms with Crippen LogP contribution in [0.1, 0.15) is 22.3 Å². The van der Waals surface area contributed by atoms with E-state index < -0.39 is 0 Å². The topological polar surface area (TPSA) is 69.9 Å². The Labute approximate surface area is 211 Å². The molecule has 0 radical (unpaired) electrons. The Balaban J connectivity index is 1.33. The van der Waals surface area contributed by atoms with E-state index in [1.165, 1.54) is 22.4 Å². The predicted octanol–water partition coefficient (Wildman–Crippen LogP) is 4.36. The van der Waals surface area contributed by atoms with Gasteiger partial charge >= 0.3 is 0 Å². The standard InChI is InChI=1S/C29H30N4O3/c1-20-6-8-24(9-7-20)30-14-15-32-27-11-10-25(33(35)36)16-23(27)17-26(28(32)19-30)29(34)31-13-12-21-4-2-3-5-22(21)18-31/h2-11,16,26,28H,12-15,17-19H2,1H3. The van der Waals surface area contributed by atoms with Gasteiger partial charge in [-0.1, -0.05) is 42.0 Å². The molecule has 3 aromatic carbocycles. The highest BCUT2D eigenvalue weighted by Crippen LogP contribution is 2.39. The molecule has 1 fully saturated rings. The number of hydrogen-bond donors (Lipinski definition) is 0. The molecule has 184 valence electrons. The highest BCUT2D eigenvalue weighted by molar-refractivity contribution is 5.83. The molecule has 6 rings (SSSR count). The Bertz CT molecular complexity index is 1320. The van der Waals surface area contributed by atoms with Gasteiger partial charge in [-0.2, -0.15) is 0 Å². The lowest BCUT2D eigenvalue weighted by atomic mass is 9.82. The number of benzene rings is 3. The number of aryl methyl sites for hydroxylation is 1. The molecule has 3 aliphatic heterocycles. The molecule has 0 aromatic heterocycles. The third kappa shape index (κ3) is 3.98. The first-order chi connectivity index (χ1) is 17.5. The molecule has 1 saturated heterocycles. The van der Waals surface area contributed by atoms with Crippen molar-refractivity contribution in [1.82, 2.24) is 4.90 Å². The molecule has 0 spiro atoms. The fraction of sp³-hybridized carbons (Fsp3) is 0.345. The van der Waals surface area contributed by atoms with E-state index in [4.69, 9.17) is 0 Å². The summed E-state index contributed by atoms with van der Waals surface area (Å²) in [4.78, 5) is 31.9. The summed E-state index contributed by atoms with van der Waals surface area (Å²) in [7, 11) is 0. The number of piperazine rings is 1. The number of carbonyl (C=O) groups excluding carboxylic acids is 1. The molecule has 0 aliphatic carbocycles. The van der Waals surface area contributed by atoms with Gasteiger partial charge in [0.05, 0.1) is 16.9 Å². The summed E-state index contributed by atoms with van der Waals surface area (Å²) in [5, 5.41) is 11.5. The average Bonchev–Trinajstić information content (AvgIpc) is 2.91. The van der Waals surface area contributed by atoms with Gasteiger partial charge in [-0.25, -0.2) is 0 Å². The highest BCUT2D eigenvalue weighted by Gasteiger charge is 2.43. The number of carbonyl (C=O) groups is 1. The molecular weight excluding hydrogens is 452 g/mol. The van der Waals surface area contributed by atoms with Crippen molar-refractivity contribution < 1.29 is 9.72 Å².